The number of hydrogen-bond donors (Lipinski definition) is 2. The van der Waals surface area contributed by atoms with Crippen molar-refractivity contribution in [2.24, 2.45) is 0 Å². The lowest BCUT2D eigenvalue weighted by molar-refractivity contribution is -0.120. The molecule has 0 aliphatic rings. The minimum absolute atomic E-state index is 0.0700. The van der Waals surface area contributed by atoms with Gasteiger partial charge < -0.3 is 10.4 Å². The normalized spacial score (nSPS) is 8.81. The van der Waals surface area contributed by atoms with Crippen LogP contribution in [-0.4, -0.2) is 17.6 Å². The number of benzene rings is 1. The van der Waals surface area contributed by atoms with Crippen molar-refractivity contribution in [3.63, 3.8) is 0 Å². The van der Waals surface area contributed by atoms with Gasteiger partial charge in [0, 0.05) is 13.0 Å². The van der Waals surface area contributed by atoms with E-state index in [-0.39, 0.29) is 11.7 Å². The van der Waals surface area contributed by atoms with Crippen LogP contribution in [-0.2, 0) is 23.0 Å². The van der Waals surface area contributed by atoms with Crippen LogP contribution in [0.25, 0.3) is 0 Å². The van der Waals surface area contributed by atoms with E-state index in [0.29, 0.717) is 19.4 Å². The quantitative estimate of drug-likeness (QED) is 0.812. The molecule has 3 nitrogen and oxygen atoms in total. The monoisotopic (exact) mass is 257 g/mol. The van der Waals surface area contributed by atoms with Crippen LogP contribution in [0.15, 0.2) is 24.3 Å². The van der Waals surface area contributed by atoms with Crippen LogP contribution < -0.4 is 5.32 Å². The molecule has 1 amide bonds. The van der Waals surface area contributed by atoms with Crippen molar-refractivity contribution >= 4 is 25.7 Å². The minimum Gasteiger partial charge on any atom is -0.508 e. The van der Waals surface area contributed by atoms with E-state index in [1.807, 2.05) is 19.1 Å². The lowest BCUT2D eigenvalue weighted by Gasteiger charge is -2.02. The number of phenols is 1. The molecule has 1 rings (SSSR count). The molecule has 0 spiro atoms. The van der Waals surface area contributed by atoms with Gasteiger partial charge in [0.2, 0.25) is 5.91 Å². The summed E-state index contributed by atoms with van der Waals surface area (Å²) >= 11 is 3.89. The third-order valence-corrected chi connectivity index (χ3v) is 1.95. The molecule has 0 fully saturated rings. The van der Waals surface area contributed by atoms with Gasteiger partial charge in [0.25, 0.3) is 0 Å². The second-order valence-corrected chi connectivity index (χ2v) is 3.12. The molecular formula is C11H16NO2PS. The van der Waals surface area contributed by atoms with Gasteiger partial charge in [0.1, 0.15) is 5.75 Å². The SMILES string of the molecule is CCNC(=O)CCc1ccc(O)cc1.P=S. The van der Waals surface area contributed by atoms with Crippen LogP contribution in [0.1, 0.15) is 18.9 Å². The fourth-order valence-electron chi connectivity index (χ4n) is 1.21. The van der Waals surface area contributed by atoms with Crippen molar-refractivity contribution in [3.8, 4) is 5.75 Å². The second kappa shape index (κ2) is 9.25. The van der Waals surface area contributed by atoms with Crippen molar-refractivity contribution < 1.29 is 9.90 Å². The predicted octanol–water partition coefficient (Wildman–Crippen LogP) is 2.05. The Morgan fingerprint density at radius 1 is 1.38 bits per heavy atom. The maximum absolute atomic E-state index is 11.1. The first-order valence-corrected chi connectivity index (χ1v) is 6.60. The second-order valence-electron chi connectivity index (χ2n) is 3.12. The van der Waals surface area contributed by atoms with Gasteiger partial charge in [-0.2, -0.15) is 0 Å². The summed E-state index contributed by atoms with van der Waals surface area (Å²) in [6, 6.07) is 6.92. The van der Waals surface area contributed by atoms with E-state index in [1.165, 1.54) is 0 Å². The van der Waals surface area contributed by atoms with Crippen molar-refractivity contribution in [2.45, 2.75) is 19.8 Å². The Morgan fingerprint density at radius 2 is 1.94 bits per heavy atom. The summed E-state index contributed by atoms with van der Waals surface area (Å²) in [6.07, 6.45) is 1.21. The Morgan fingerprint density at radius 3 is 2.44 bits per heavy atom. The highest BCUT2D eigenvalue weighted by Crippen LogP contribution is 2.10. The number of phenolic OH excluding ortho intramolecular Hbond substituents is 1. The zero-order valence-electron chi connectivity index (χ0n) is 9.19. The van der Waals surface area contributed by atoms with Crippen LogP contribution in [0.4, 0.5) is 0 Å². The largest absolute Gasteiger partial charge is 0.508 e. The van der Waals surface area contributed by atoms with Crippen LogP contribution in [0.5, 0.6) is 5.75 Å². The fraction of sp³-hybridized carbons (Fsp3) is 0.364. The molecule has 0 saturated heterocycles. The van der Waals surface area contributed by atoms with E-state index >= 15 is 0 Å². The molecule has 0 aromatic heterocycles. The first-order valence-electron chi connectivity index (χ1n) is 4.97. The van der Waals surface area contributed by atoms with Crippen LogP contribution in [0.3, 0.4) is 0 Å². The summed E-state index contributed by atoms with van der Waals surface area (Å²) in [5.74, 6) is 0.326. The number of aromatic hydroxyl groups is 1. The summed E-state index contributed by atoms with van der Waals surface area (Å²) in [6.45, 7) is 2.58. The molecule has 0 saturated carbocycles. The van der Waals surface area contributed by atoms with Gasteiger partial charge in [-0.3, -0.25) is 4.79 Å². The molecule has 5 heteroatoms. The van der Waals surface area contributed by atoms with Gasteiger partial charge in [-0.25, -0.2) is 0 Å². The molecule has 0 aliphatic heterocycles. The third kappa shape index (κ3) is 6.49. The highest BCUT2D eigenvalue weighted by atomic mass is 32.4. The highest BCUT2D eigenvalue weighted by molar-refractivity contribution is 7.88. The Labute approximate surface area is 103 Å². The summed E-state index contributed by atoms with van der Waals surface area (Å²) in [7, 11) is 2.56. The Bertz CT molecular complexity index is 316. The summed E-state index contributed by atoms with van der Waals surface area (Å²) in [4.78, 5) is 11.1. The van der Waals surface area contributed by atoms with E-state index in [2.05, 4.69) is 25.1 Å². The number of carbonyl (C=O) groups is 1. The molecule has 16 heavy (non-hydrogen) atoms. The van der Waals surface area contributed by atoms with Crippen molar-refractivity contribution in [1.29, 1.82) is 0 Å². The predicted molar refractivity (Wildman–Crippen MR) is 70.8 cm³/mol. The number of aryl methyl sites for hydroxylation is 1. The molecule has 0 bridgehead atoms. The molecule has 0 atom stereocenters. The van der Waals surface area contributed by atoms with E-state index in [4.69, 9.17) is 5.11 Å². The average Bonchev–Trinajstić information content (AvgIpc) is 2.31. The summed E-state index contributed by atoms with van der Waals surface area (Å²) in [5.41, 5.74) is 1.06. The summed E-state index contributed by atoms with van der Waals surface area (Å²) in [5, 5.41) is 11.8. The van der Waals surface area contributed by atoms with Gasteiger partial charge in [0.05, 0.1) is 0 Å². The molecule has 0 radical (unpaired) electrons. The first kappa shape index (κ1) is 15.0. The maximum atomic E-state index is 11.1. The van der Waals surface area contributed by atoms with Crippen molar-refractivity contribution in [2.75, 3.05) is 6.54 Å². The standard InChI is InChI=1S/C11H15NO2.HPS/c1-2-12-11(14)8-5-9-3-6-10(13)7-4-9;1-2/h3-4,6-7,13H,2,5,8H2,1H3,(H,12,14);1H. The fourth-order valence-corrected chi connectivity index (χ4v) is 1.21. The van der Waals surface area contributed by atoms with Gasteiger partial charge in [-0.15, -0.1) is 0 Å². The Kier molecular flexibility index (Phi) is 8.68. The molecule has 0 aliphatic carbocycles. The van der Waals surface area contributed by atoms with Crippen LogP contribution in [0, 0.1) is 0 Å². The lowest BCUT2D eigenvalue weighted by atomic mass is 10.1. The minimum atomic E-state index is 0.0700. The molecule has 88 valence electrons. The highest BCUT2D eigenvalue weighted by Gasteiger charge is 2.00. The first-order chi connectivity index (χ1) is 7.72. The molecule has 1 aromatic carbocycles. The average molecular weight is 257 g/mol. The molecule has 2 N–H and O–H groups in total. The zero-order valence-corrected chi connectivity index (χ0v) is 11.0. The van der Waals surface area contributed by atoms with E-state index in [0.717, 1.165) is 5.56 Å². The lowest BCUT2D eigenvalue weighted by Crippen LogP contribution is -2.22. The molecule has 0 heterocycles. The van der Waals surface area contributed by atoms with Gasteiger partial charge in [-0.05, 0) is 39.1 Å². The van der Waals surface area contributed by atoms with Crippen LogP contribution >= 0.6 is 8.02 Å². The van der Waals surface area contributed by atoms with E-state index in [9.17, 15) is 4.79 Å². The zero-order chi connectivity index (χ0) is 12.4. The van der Waals surface area contributed by atoms with Gasteiger partial charge in [-0.1, -0.05) is 23.9 Å². The van der Waals surface area contributed by atoms with Crippen LogP contribution in [0.2, 0.25) is 0 Å². The molecule has 0 unspecified atom stereocenters. The number of carbonyl (C=O) groups excluding carboxylic acids is 1. The van der Waals surface area contributed by atoms with Gasteiger partial charge >= 0.3 is 0 Å². The number of rotatable bonds is 4. The smallest absolute Gasteiger partial charge is 0.220 e. The van der Waals surface area contributed by atoms with Crippen molar-refractivity contribution in [1.82, 2.24) is 5.32 Å². The topological polar surface area (TPSA) is 49.3 Å². The van der Waals surface area contributed by atoms with E-state index in [1.54, 1.807) is 12.1 Å². The molecular weight excluding hydrogens is 241 g/mol. The Hall–Kier alpha value is -0.990. The summed E-state index contributed by atoms with van der Waals surface area (Å²) < 4.78 is 0. The maximum Gasteiger partial charge on any atom is 0.220 e. The molecule has 1 aromatic rings. The Balaban J connectivity index is 0.00000106. The number of nitrogens with one attached hydrogen (secondary N) is 1. The number of amides is 1. The van der Waals surface area contributed by atoms with Crippen molar-refractivity contribution in [3.05, 3.63) is 29.8 Å². The number of hydrogen-bond acceptors (Lipinski definition) is 3. The van der Waals surface area contributed by atoms with Gasteiger partial charge in [0.15, 0.2) is 0 Å². The third-order valence-electron chi connectivity index (χ3n) is 1.95. The van der Waals surface area contributed by atoms with E-state index < -0.39 is 0 Å².